The smallest absolute Gasteiger partial charge is 0.253 e. The first-order valence-corrected chi connectivity index (χ1v) is 8.76. The second kappa shape index (κ2) is 8.99. The Hall–Kier alpha value is -2.88. The molecule has 4 nitrogen and oxygen atoms in total. The standard InChI is InChI=1S/C22H25NO3/c1-5-16-8-7-9-18(21(16)26-6-2)14-15-20(24)17-10-12-19(13-11-17)22(25)23(3)4/h7-15H,5-6H2,1-4H3. The maximum absolute atomic E-state index is 12.4. The van der Waals surface area contributed by atoms with Crippen LogP contribution in [0, 0.1) is 0 Å². The number of allylic oxidation sites excluding steroid dienone is 1. The number of nitrogens with zero attached hydrogens (tertiary/aromatic N) is 1. The summed E-state index contributed by atoms with van der Waals surface area (Å²) in [6.45, 7) is 4.60. The molecule has 0 spiro atoms. The lowest BCUT2D eigenvalue weighted by Crippen LogP contribution is -2.21. The van der Waals surface area contributed by atoms with Crippen molar-refractivity contribution in [1.82, 2.24) is 4.90 Å². The predicted molar refractivity (Wildman–Crippen MR) is 105 cm³/mol. The maximum atomic E-state index is 12.4. The minimum atomic E-state index is -0.113. The Labute approximate surface area is 155 Å². The molecule has 2 aromatic rings. The zero-order valence-corrected chi connectivity index (χ0v) is 15.8. The van der Waals surface area contributed by atoms with Crippen LogP contribution in [0.4, 0.5) is 0 Å². The van der Waals surface area contributed by atoms with Gasteiger partial charge < -0.3 is 9.64 Å². The van der Waals surface area contributed by atoms with Gasteiger partial charge in [0.15, 0.2) is 5.78 Å². The monoisotopic (exact) mass is 351 g/mol. The molecule has 0 atom stereocenters. The van der Waals surface area contributed by atoms with E-state index in [2.05, 4.69) is 6.92 Å². The van der Waals surface area contributed by atoms with Crippen LogP contribution in [0.1, 0.15) is 45.7 Å². The number of amides is 1. The fourth-order valence-electron chi connectivity index (χ4n) is 2.63. The molecule has 0 N–H and O–H groups in total. The number of rotatable bonds is 7. The van der Waals surface area contributed by atoms with Crippen molar-refractivity contribution in [2.24, 2.45) is 0 Å². The molecule has 0 unspecified atom stereocenters. The van der Waals surface area contributed by atoms with Crippen LogP contribution in [-0.2, 0) is 6.42 Å². The minimum Gasteiger partial charge on any atom is -0.493 e. The van der Waals surface area contributed by atoms with Crippen LogP contribution in [0.25, 0.3) is 6.08 Å². The van der Waals surface area contributed by atoms with Crippen molar-refractivity contribution < 1.29 is 14.3 Å². The lowest BCUT2D eigenvalue weighted by Gasteiger charge is -2.12. The van der Waals surface area contributed by atoms with E-state index in [9.17, 15) is 9.59 Å². The van der Waals surface area contributed by atoms with Gasteiger partial charge in [0.25, 0.3) is 5.91 Å². The van der Waals surface area contributed by atoms with Crippen molar-refractivity contribution in [1.29, 1.82) is 0 Å². The molecule has 0 radical (unpaired) electrons. The quantitative estimate of drug-likeness (QED) is 0.553. The second-order valence-electron chi connectivity index (χ2n) is 6.10. The van der Waals surface area contributed by atoms with Gasteiger partial charge in [-0.15, -0.1) is 0 Å². The Morgan fingerprint density at radius 3 is 2.23 bits per heavy atom. The molecule has 1 amide bonds. The van der Waals surface area contributed by atoms with Crippen molar-refractivity contribution in [2.45, 2.75) is 20.3 Å². The molecule has 0 heterocycles. The summed E-state index contributed by atoms with van der Waals surface area (Å²) in [5, 5.41) is 0. The van der Waals surface area contributed by atoms with E-state index in [4.69, 9.17) is 4.74 Å². The van der Waals surface area contributed by atoms with E-state index in [-0.39, 0.29) is 11.7 Å². The molecule has 0 bridgehead atoms. The van der Waals surface area contributed by atoms with Crippen LogP contribution >= 0.6 is 0 Å². The van der Waals surface area contributed by atoms with Gasteiger partial charge >= 0.3 is 0 Å². The minimum absolute atomic E-state index is 0.0859. The molecule has 26 heavy (non-hydrogen) atoms. The maximum Gasteiger partial charge on any atom is 0.253 e. The number of hydrogen-bond acceptors (Lipinski definition) is 3. The molecule has 0 saturated carbocycles. The van der Waals surface area contributed by atoms with E-state index in [0.29, 0.717) is 17.7 Å². The van der Waals surface area contributed by atoms with Crippen LogP contribution in [0.5, 0.6) is 5.75 Å². The summed E-state index contributed by atoms with van der Waals surface area (Å²) < 4.78 is 5.76. The Kier molecular flexibility index (Phi) is 6.73. The highest BCUT2D eigenvalue weighted by atomic mass is 16.5. The van der Waals surface area contributed by atoms with Gasteiger partial charge in [0.1, 0.15) is 5.75 Å². The average molecular weight is 351 g/mol. The molecular weight excluding hydrogens is 326 g/mol. The summed E-state index contributed by atoms with van der Waals surface area (Å²) >= 11 is 0. The van der Waals surface area contributed by atoms with E-state index in [1.165, 1.54) is 4.90 Å². The van der Waals surface area contributed by atoms with Gasteiger partial charge in [0, 0.05) is 30.8 Å². The Morgan fingerprint density at radius 1 is 1.00 bits per heavy atom. The number of para-hydroxylation sites is 1. The predicted octanol–water partition coefficient (Wildman–Crippen LogP) is 4.25. The molecule has 0 aromatic heterocycles. The second-order valence-corrected chi connectivity index (χ2v) is 6.10. The van der Waals surface area contributed by atoms with Gasteiger partial charge in [0.2, 0.25) is 0 Å². The Morgan fingerprint density at radius 2 is 1.65 bits per heavy atom. The highest BCUT2D eigenvalue weighted by molar-refractivity contribution is 6.07. The van der Waals surface area contributed by atoms with Crippen molar-refractivity contribution in [3.63, 3.8) is 0 Å². The summed E-state index contributed by atoms with van der Waals surface area (Å²) in [5.41, 5.74) is 3.11. The number of hydrogen-bond donors (Lipinski definition) is 0. The van der Waals surface area contributed by atoms with E-state index in [1.54, 1.807) is 50.5 Å². The summed E-state index contributed by atoms with van der Waals surface area (Å²) in [5.74, 6) is 0.629. The summed E-state index contributed by atoms with van der Waals surface area (Å²) in [4.78, 5) is 25.8. The SMILES string of the molecule is CCOc1c(C=CC(=O)c2ccc(C(=O)N(C)C)cc2)cccc1CC. The molecule has 0 saturated heterocycles. The van der Waals surface area contributed by atoms with Crippen LogP contribution in [-0.4, -0.2) is 37.3 Å². The van der Waals surface area contributed by atoms with Gasteiger partial charge in [-0.05, 0) is 43.2 Å². The van der Waals surface area contributed by atoms with Crippen LogP contribution in [0.2, 0.25) is 0 Å². The van der Waals surface area contributed by atoms with Crippen molar-refractivity contribution >= 4 is 17.8 Å². The van der Waals surface area contributed by atoms with Crippen molar-refractivity contribution in [3.8, 4) is 5.75 Å². The average Bonchev–Trinajstić information content (AvgIpc) is 2.66. The van der Waals surface area contributed by atoms with Gasteiger partial charge in [-0.3, -0.25) is 9.59 Å². The van der Waals surface area contributed by atoms with Crippen molar-refractivity contribution in [2.75, 3.05) is 20.7 Å². The fourth-order valence-corrected chi connectivity index (χ4v) is 2.63. The first-order chi connectivity index (χ1) is 12.5. The number of ketones is 1. The number of ether oxygens (including phenoxy) is 1. The third kappa shape index (κ3) is 4.60. The molecule has 0 aliphatic heterocycles. The molecule has 0 aliphatic carbocycles. The van der Waals surface area contributed by atoms with Gasteiger partial charge in [-0.25, -0.2) is 0 Å². The third-order valence-corrected chi connectivity index (χ3v) is 4.03. The van der Waals surface area contributed by atoms with Crippen molar-refractivity contribution in [3.05, 3.63) is 70.8 Å². The van der Waals surface area contributed by atoms with Crippen LogP contribution in [0.3, 0.4) is 0 Å². The van der Waals surface area contributed by atoms with E-state index < -0.39 is 0 Å². The van der Waals surface area contributed by atoms with Crippen LogP contribution < -0.4 is 4.74 Å². The first-order valence-electron chi connectivity index (χ1n) is 8.76. The molecule has 2 aromatic carbocycles. The zero-order valence-electron chi connectivity index (χ0n) is 15.8. The first kappa shape index (κ1) is 19.4. The van der Waals surface area contributed by atoms with E-state index in [1.807, 2.05) is 25.1 Å². The largest absolute Gasteiger partial charge is 0.493 e. The van der Waals surface area contributed by atoms with Gasteiger partial charge in [-0.1, -0.05) is 37.3 Å². The van der Waals surface area contributed by atoms with Crippen LogP contribution in [0.15, 0.2) is 48.5 Å². The fraction of sp³-hybridized carbons (Fsp3) is 0.273. The third-order valence-electron chi connectivity index (χ3n) is 4.03. The lowest BCUT2D eigenvalue weighted by molar-refractivity contribution is 0.0827. The summed E-state index contributed by atoms with van der Waals surface area (Å²) in [7, 11) is 3.40. The van der Waals surface area contributed by atoms with Gasteiger partial charge in [0.05, 0.1) is 6.61 Å². The lowest BCUT2D eigenvalue weighted by atomic mass is 10.0. The highest BCUT2D eigenvalue weighted by Gasteiger charge is 2.10. The molecule has 0 fully saturated rings. The molecule has 136 valence electrons. The number of benzene rings is 2. The van der Waals surface area contributed by atoms with Gasteiger partial charge in [-0.2, -0.15) is 0 Å². The normalized spacial score (nSPS) is 10.8. The van der Waals surface area contributed by atoms with E-state index in [0.717, 1.165) is 23.3 Å². The Bertz CT molecular complexity index is 805. The summed E-state index contributed by atoms with van der Waals surface area (Å²) in [6.07, 6.45) is 4.19. The molecule has 0 aliphatic rings. The molecule has 2 rings (SSSR count). The number of carbonyl (C=O) groups is 2. The number of aryl methyl sites for hydroxylation is 1. The molecule has 4 heteroatoms. The summed E-state index contributed by atoms with van der Waals surface area (Å²) in [6, 6.07) is 12.6. The topological polar surface area (TPSA) is 46.6 Å². The zero-order chi connectivity index (χ0) is 19.1. The Balaban J connectivity index is 2.21. The van der Waals surface area contributed by atoms with E-state index >= 15 is 0 Å². The molecular formula is C22H25NO3. The highest BCUT2D eigenvalue weighted by Crippen LogP contribution is 2.26. The number of carbonyl (C=O) groups excluding carboxylic acids is 2.